The summed E-state index contributed by atoms with van der Waals surface area (Å²) in [5.74, 6) is 1.21. The van der Waals surface area contributed by atoms with Gasteiger partial charge in [-0.2, -0.15) is 5.10 Å². The second kappa shape index (κ2) is 6.35. The van der Waals surface area contributed by atoms with Gasteiger partial charge in [-0.15, -0.1) is 0 Å². The van der Waals surface area contributed by atoms with E-state index in [9.17, 15) is 4.79 Å². The standard InChI is InChI=1S/C14H24N4O2/c1-14(2,3)13-10(6-7-20-13)8-15-12(19)5-4-11-16-9-17-18-11/h9-10,13H,4-8H2,1-3H3,(H,15,19)(H,16,17,18)/t10-,13+/m1/s1. The zero-order valence-corrected chi connectivity index (χ0v) is 12.5. The summed E-state index contributed by atoms with van der Waals surface area (Å²) in [5, 5.41) is 9.53. The molecule has 2 heterocycles. The van der Waals surface area contributed by atoms with Crippen LogP contribution in [0.15, 0.2) is 6.33 Å². The molecule has 1 amide bonds. The van der Waals surface area contributed by atoms with Crippen LogP contribution in [0.1, 0.15) is 39.4 Å². The lowest BCUT2D eigenvalue weighted by molar-refractivity contribution is -0.121. The van der Waals surface area contributed by atoms with E-state index in [0.29, 0.717) is 25.3 Å². The largest absolute Gasteiger partial charge is 0.377 e. The van der Waals surface area contributed by atoms with Gasteiger partial charge in [-0.05, 0) is 11.8 Å². The number of carbonyl (C=O) groups excluding carboxylic acids is 1. The van der Waals surface area contributed by atoms with Gasteiger partial charge in [-0.25, -0.2) is 4.98 Å². The Labute approximate surface area is 119 Å². The molecule has 1 saturated heterocycles. The number of carbonyl (C=O) groups is 1. The van der Waals surface area contributed by atoms with E-state index in [1.807, 2.05) is 0 Å². The Kier molecular flexibility index (Phi) is 4.75. The zero-order chi connectivity index (χ0) is 14.6. The number of ether oxygens (including phenoxy) is 1. The molecule has 0 aliphatic carbocycles. The fourth-order valence-corrected chi connectivity index (χ4v) is 2.72. The van der Waals surface area contributed by atoms with E-state index in [0.717, 1.165) is 18.9 Å². The molecule has 0 radical (unpaired) electrons. The van der Waals surface area contributed by atoms with E-state index in [4.69, 9.17) is 4.74 Å². The van der Waals surface area contributed by atoms with E-state index in [2.05, 4.69) is 41.3 Å². The highest BCUT2D eigenvalue weighted by molar-refractivity contribution is 5.76. The molecule has 20 heavy (non-hydrogen) atoms. The third kappa shape index (κ3) is 4.03. The Morgan fingerprint density at radius 3 is 3.00 bits per heavy atom. The van der Waals surface area contributed by atoms with Gasteiger partial charge < -0.3 is 10.1 Å². The highest BCUT2D eigenvalue weighted by atomic mass is 16.5. The number of aromatic nitrogens is 3. The third-order valence-electron chi connectivity index (χ3n) is 3.68. The van der Waals surface area contributed by atoms with E-state index in [1.54, 1.807) is 0 Å². The number of nitrogens with one attached hydrogen (secondary N) is 2. The number of nitrogens with zero attached hydrogens (tertiary/aromatic N) is 2. The van der Waals surface area contributed by atoms with Crippen molar-refractivity contribution in [3.05, 3.63) is 12.2 Å². The highest BCUT2D eigenvalue weighted by Gasteiger charge is 2.37. The summed E-state index contributed by atoms with van der Waals surface area (Å²) in [6.07, 6.45) is 3.72. The van der Waals surface area contributed by atoms with Gasteiger partial charge in [0.25, 0.3) is 0 Å². The molecular formula is C14H24N4O2. The lowest BCUT2D eigenvalue weighted by Gasteiger charge is -2.31. The Balaban J connectivity index is 1.73. The van der Waals surface area contributed by atoms with Crippen molar-refractivity contribution in [3.8, 4) is 0 Å². The van der Waals surface area contributed by atoms with Crippen LogP contribution in [-0.2, 0) is 16.0 Å². The topological polar surface area (TPSA) is 79.9 Å². The maximum atomic E-state index is 11.8. The summed E-state index contributed by atoms with van der Waals surface area (Å²) >= 11 is 0. The third-order valence-corrected chi connectivity index (χ3v) is 3.68. The minimum Gasteiger partial charge on any atom is -0.377 e. The molecule has 112 valence electrons. The fraction of sp³-hybridized carbons (Fsp3) is 0.786. The summed E-state index contributed by atoms with van der Waals surface area (Å²) < 4.78 is 5.81. The van der Waals surface area contributed by atoms with Gasteiger partial charge in [0, 0.05) is 31.9 Å². The van der Waals surface area contributed by atoms with Crippen molar-refractivity contribution in [3.63, 3.8) is 0 Å². The fourth-order valence-electron chi connectivity index (χ4n) is 2.72. The molecule has 6 heteroatoms. The first-order valence-electron chi connectivity index (χ1n) is 7.19. The molecule has 1 aromatic rings. The van der Waals surface area contributed by atoms with Crippen molar-refractivity contribution in [2.24, 2.45) is 11.3 Å². The first kappa shape index (κ1) is 15.0. The molecule has 0 saturated carbocycles. The molecule has 0 aromatic carbocycles. The van der Waals surface area contributed by atoms with E-state index in [1.165, 1.54) is 6.33 Å². The molecule has 1 aliphatic rings. The lowest BCUT2D eigenvalue weighted by atomic mass is 9.81. The minimum absolute atomic E-state index is 0.0564. The number of H-pyrrole nitrogens is 1. The molecule has 2 rings (SSSR count). The molecule has 1 aliphatic heterocycles. The van der Waals surface area contributed by atoms with Gasteiger partial charge in [-0.3, -0.25) is 9.89 Å². The number of hydrogen-bond acceptors (Lipinski definition) is 4. The van der Waals surface area contributed by atoms with E-state index in [-0.39, 0.29) is 17.4 Å². The van der Waals surface area contributed by atoms with Gasteiger partial charge in [0.2, 0.25) is 5.91 Å². The summed E-state index contributed by atoms with van der Waals surface area (Å²) in [6, 6.07) is 0. The van der Waals surface area contributed by atoms with Crippen LogP contribution in [0, 0.1) is 11.3 Å². The number of aromatic amines is 1. The smallest absolute Gasteiger partial charge is 0.220 e. The van der Waals surface area contributed by atoms with Crippen LogP contribution in [-0.4, -0.2) is 40.3 Å². The molecule has 0 unspecified atom stereocenters. The van der Waals surface area contributed by atoms with E-state index < -0.39 is 0 Å². The maximum absolute atomic E-state index is 11.8. The van der Waals surface area contributed by atoms with Crippen LogP contribution in [0.5, 0.6) is 0 Å². The number of rotatable bonds is 5. The molecule has 1 aromatic heterocycles. The molecule has 1 fully saturated rings. The van der Waals surface area contributed by atoms with E-state index >= 15 is 0 Å². The van der Waals surface area contributed by atoms with Crippen molar-refractivity contribution in [2.45, 2.75) is 46.1 Å². The predicted molar refractivity (Wildman–Crippen MR) is 75.0 cm³/mol. The van der Waals surface area contributed by atoms with Gasteiger partial charge in [0.05, 0.1) is 6.10 Å². The molecule has 2 atom stereocenters. The first-order chi connectivity index (χ1) is 9.47. The Hall–Kier alpha value is -1.43. The molecule has 0 spiro atoms. The van der Waals surface area contributed by atoms with Crippen molar-refractivity contribution in [1.82, 2.24) is 20.5 Å². The van der Waals surface area contributed by atoms with Gasteiger partial charge in [0.15, 0.2) is 0 Å². The van der Waals surface area contributed by atoms with Crippen molar-refractivity contribution >= 4 is 5.91 Å². The second-order valence-electron chi connectivity index (χ2n) is 6.44. The number of aryl methyl sites for hydroxylation is 1. The second-order valence-corrected chi connectivity index (χ2v) is 6.44. The van der Waals surface area contributed by atoms with Crippen LogP contribution in [0.4, 0.5) is 0 Å². The lowest BCUT2D eigenvalue weighted by Crippen LogP contribution is -2.38. The van der Waals surface area contributed by atoms with Crippen molar-refractivity contribution in [1.29, 1.82) is 0 Å². The molecule has 2 N–H and O–H groups in total. The molecule has 6 nitrogen and oxygen atoms in total. The number of amides is 1. The normalized spacial score (nSPS) is 22.9. The highest BCUT2D eigenvalue weighted by Crippen LogP contribution is 2.34. The maximum Gasteiger partial charge on any atom is 0.220 e. The van der Waals surface area contributed by atoms with Gasteiger partial charge >= 0.3 is 0 Å². The SMILES string of the molecule is CC(C)(C)[C@H]1OCC[C@@H]1CNC(=O)CCc1ncn[nH]1. The Morgan fingerprint density at radius 2 is 2.35 bits per heavy atom. The van der Waals surface area contributed by atoms with Crippen molar-refractivity contribution in [2.75, 3.05) is 13.2 Å². The van der Waals surface area contributed by atoms with Gasteiger partial charge in [0.1, 0.15) is 12.2 Å². The van der Waals surface area contributed by atoms with Crippen LogP contribution in [0.25, 0.3) is 0 Å². The van der Waals surface area contributed by atoms with Gasteiger partial charge in [-0.1, -0.05) is 20.8 Å². The van der Waals surface area contributed by atoms with Crippen LogP contribution in [0.2, 0.25) is 0 Å². The minimum atomic E-state index is 0.0564. The monoisotopic (exact) mass is 280 g/mol. The average Bonchev–Trinajstić information content (AvgIpc) is 3.03. The van der Waals surface area contributed by atoms with Crippen LogP contribution in [0.3, 0.4) is 0 Å². The molecule has 0 bridgehead atoms. The first-order valence-corrected chi connectivity index (χ1v) is 7.19. The summed E-state index contributed by atoms with van der Waals surface area (Å²) in [7, 11) is 0. The summed E-state index contributed by atoms with van der Waals surface area (Å²) in [6.45, 7) is 8.03. The predicted octanol–water partition coefficient (Wildman–Crippen LogP) is 1.30. The molecular weight excluding hydrogens is 256 g/mol. The quantitative estimate of drug-likeness (QED) is 0.852. The summed E-state index contributed by atoms with van der Waals surface area (Å²) in [4.78, 5) is 15.8. The zero-order valence-electron chi connectivity index (χ0n) is 12.5. The Bertz CT molecular complexity index is 425. The van der Waals surface area contributed by atoms with Crippen LogP contribution >= 0.6 is 0 Å². The van der Waals surface area contributed by atoms with Crippen molar-refractivity contribution < 1.29 is 9.53 Å². The Morgan fingerprint density at radius 1 is 1.55 bits per heavy atom. The number of hydrogen-bond donors (Lipinski definition) is 2. The summed E-state index contributed by atoms with van der Waals surface area (Å²) in [5.41, 5.74) is 0.117. The average molecular weight is 280 g/mol. The van der Waals surface area contributed by atoms with Crippen LogP contribution < -0.4 is 5.32 Å².